The number of aromatic nitrogens is 2. The minimum absolute atomic E-state index is 0.0922. The topological polar surface area (TPSA) is 67.5 Å². The Morgan fingerprint density at radius 1 is 1.06 bits per heavy atom. The van der Waals surface area contributed by atoms with Crippen LogP contribution < -0.4 is 15.0 Å². The largest absolute Gasteiger partial charge is 0.497 e. The van der Waals surface area contributed by atoms with Crippen molar-refractivity contribution in [2.45, 2.75) is 25.3 Å². The molecule has 1 fully saturated rings. The molecule has 0 spiro atoms. The van der Waals surface area contributed by atoms with Gasteiger partial charge in [-0.25, -0.2) is 9.37 Å². The second-order valence-electron chi connectivity index (χ2n) is 7.91. The summed E-state index contributed by atoms with van der Waals surface area (Å²) in [5.41, 5.74) is 2.20. The number of hydrogen-bond donors (Lipinski definition) is 1. The number of halogens is 1. The molecule has 3 aromatic rings. The number of nitrogens with zero attached hydrogens (tertiary/aromatic N) is 2. The molecule has 162 valence electrons. The number of methoxy groups -OCH3 is 2. The Hall–Kier alpha value is -3.19. The first kappa shape index (κ1) is 21.1. The van der Waals surface area contributed by atoms with Crippen LogP contribution >= 0.6 is 0 Å². The Kier molecular flexibility index (Phi) is 6.04. The predicted molar refractivity (Wildman–Crippen MR) is 116 cm³/mol. The number of aryl methyl sites for hydroxylation is 1. The van der Waals surface area contributed by atoms with E-state index < -0.39 is 0 Å². The summed E-state index contributed by atoms with van der Waals surface area (Å²) >= 11 is 0. The summed E-state index contributed by atoms with van der Waals surface area (Å²) in [7, 11) is 3.25. The molecule has 1 aliphatic heterocycles. The smallest absolute Gasteiger partial charge is 0.251 e. The molecule has 1 aliphatic rings. The maximum absolute atomic E-state index is 14.7. The van der Waals surface area contributed by atoms with Gasteiger partial charge in [0.15, 0.2) is 0 Å². The van der Waals surface area contributed by atoms with Crippen molar-refractivity contribution in [1.82, 2.24) is 14.9 Å². The molecule has 31 heavy (non-hydrogen) atoms. The zero-order chi connectivity index (χ0) is 22.0. The second kappa shape index (κ2) is 8.89. The van der Waals surface area contributed by atoms with E-state index in [1.54, 1.807) is 27.2 Å². The second-order valence-corrected chi connectivity index (χ2v) is 7.91. The van der Waals surface area contributed by atoms with Crippen molar-refractivity contribution in [2.75, 3.05) is 27.3 Å². The average molecular weight is 423 g/mol. The van der Waals surface area contributed by atoms with Gasteiger partial charge in [0.05, 0.1) is 19.9 Å². The third-order valence-electron chi connectivity index (χ3n) is 5.78. The molecule has 2 heterocycles. The van der Waals surface area contributed by atoms with Crippen LogP contribution in [0, 0.1) is 12.7 Å². The lowest BCUT2D eigenvalue weighted by Crippen LogP contribution is -2.21. The molecule has 6 nitrogen and oxygen atoms in total. The van der Waals surface area contributed by atoms with Crippen LogP contribution in [0.2, 0.25) is 0 Å². The normalized spacial score (nSPS) is 18.8. The highest BCUT2D eigenvalue weighted by Crippen LogP contribution is 2.40. The number of hydrogen-bond acceptors (Lipinski definition) is 5. The van der Waals surface area contributed by atoms with E-state index >= 15 is 0 Å². The molecule has 0 aliphatic carbocycles. The molecule has 0 amide bonds. The number of rotatable bonds is 6. The van der Waals surface area contributed by atoms with Gasteiger partial charge in [-0.05, 0) is 36.2 Å². The van der Waals surface area contributed by atoms with Crippen LogP contribution in [0.5, 0.6) is 11.5 Å². The van der Waals surface area contributed by atoms with Gasteiger partial charge in [-0.2, -0.15) is 0 Å². The van der Waals surface area contributed by atoms with Gasteiger partial charge in [0, 0.05) is 43.6 Å². The average Bonchev–Trinajstić information content (AvgIpc) is 3.16. The molecule has 2 atom stereocenters. The van der Waals surface area contributed by atoms with Gasteiger partial charge < -0.3 is 14.5 Å². The van der Waals surface area contributed by atoms with Crippen molar-refractivity contribution in [1.29, 1.82) is 0 Å². The van der Waals surface area contributed by atoms with Crippen molar-refractivity contribution >= 4 is 0 Å². The van der Waals surface area contributed by atoms with E-state index in [1.165, 1.54) is 12.1 Å². The summed E-state index contributed by atoms with van der Waals surface area (Å²) in [5, 5.41) is 0. The molecular formula is C24H26FN3O3. The zero-order valence-corrected chi connectivity index (χ0v) is 17.9. The minimum Gasteiger partial charge on any atom is -0.497 e. The number of aromatic amines is 1. The lowest BCUT2D eigenvalue weighted by molar-refractivity contribution is 0.320. The first-order valence-electron chi connectivity index (χ1n) is 10.2. The summed E-state index contributed by atoms with van der Waals surface area (Å²) in [6.45, 7) is 3.72. The molecular weight excluding hydrogens is 397 g/mol. The Morgan fingerprint density at radius 3 is 2.39 bits per heavy atom. The highest BCUT2D eigenvalue weighted by molar-refractivity contribution is 5.39. The highest BCUT2D eigenvalue weighted by Gasteiger charge is 2.37. The fourth-order valence-corrected chi connectivity index (χ4v) is 4.41. The number of benzene rings is 2. The first-order chi connectivity index (χ1) is 15.0. The maximum atomic E-state index is 14.7. The van der Waals surface area contributed by atoms with E-state index in [9.17, 15) is 9.18 Å². The van der Waals surface area contributed by atoms with Gasteiger partial charge in [0.1, 0.15) is 23.1 Å². The maximum Gasteiger partial charge on any atom is 0.251 e. The third-order valence-corrected chi connectivity index (χ3v) is 5.78. The predicted octanol–water partition coefficient (Wildman–Crippen LogP) is 3.62. The highest BCUT2D eigenvalue weighted by atomic mass is 19.1. The number of ether oxygens (including phenoxy) is 2. The molecule has 0 unspecified atom stereocenters. The zero-order valence-electron chi connectivity index (χ0n) is 17.9. The number of H-pyrrole nitrogens is 1. The fourth-order valence-electron chi connectivity index (χ4n) is 4.41. The van der Waals surface area contributed by atoms with Gasteiger partial charge >= 0.3 is 0 Å². The molecule has 0 bridgehead atoms. The van der Waals surface area contributed by atoms with Crippen LogP contribution in [0.15, 0.2) is 53.3 Å². The number of likely N-dealkylation sites (tertiary alicyclic amines) is 1. The Bertz CT molecular complexity index is 1110. The molecule has 0 radical (unpaired) electrons. The van der Waals surface area contributed by atoms with Gasteiger partial charge in [0.25, 0.3) is 5.56 Å². The summed E-state index contributed by atoms with van der Waals surface area (Å²) < 4.78 is 25.5. The third kappa shape index (κ3) is 4.61. The SMILES string of the molecule is COc1cc(CN2C[C@@H](c3cc(=O)[nH]c(C)n3)[C@H](c3ccccc3F)C2)cc(OC)c1. The van der Waals surface area contributed by atoms with Crippen LogP contribution in [0.25, 0.3) is 0 Å². The quantitative estimate of drug-likeness (QED) is 0.656. The molecule has 1 N–H and O–H groups in total. The van der Waals surface area contributed by atoms with Crippen LogP contribution in [0.3, 0.4) is 0 Å². The van der Waals surface area contributed by atoms with E-state index in [4.69, 9.17) is 9.47 Å². The van der Waals surface area contributed by atoms with E-state index in [-0.39, 0.29) is 23.2 Å². The summed E-state index contributed by atoms with van der Waals surface area (Å²) in [5.74, 6) is 1.58. The van der Waals surface area contributed by atoms with Gasteiger partial charge in [-0.1, -0.05) is 18.2 Å². The Labute approximate surface area is 180 Å². The number of nitrogens with one attached hydrogen (secondary N) is 1. The van der Waals surface area contributed by atoms with E-state index in [2.05, 4.69) is 14.9 Å². The fraction of sp³-hybridized carbons (Fsp3) is 0.333. The van der Waals surface area contributed by atoms with Crippen LogP contribution in [-0.4, -0.2) is 42.2 Å². The van der Waals surface area contributed by atoms with E-state index in [0.29, 0.717) is 36.7 Å². The van der Waals surface area contributed by atoms with Gasteiger partial charge in [-0.15, -0.1) is 0 Å². The lowest BCUT2D eigenvalue weighted by Gasteiger charge is -2.19. The first-order valence-corrected chi connectivity index (χ1v) is 10.2. The molecule has 7 heteroatoms. The monoisotopic (exact) mass is 423 g/mol. The Morgan fingerprint density at radius 2 is 1.74 bits per heavy atom. The van der Waals surface area contributed by atoms with Crippen molar-refractivity contribution in [3.63, 3.8) is 0 Å². The van der Waals surface area contributed by atoms with E-state index in [1.807, 2.05) is 30.3 Å². The molecule has 1 aromatic heterocycles. The van der Waals surface area contributed by atoms with Crippen LogP contribution in [0.1, 0.15) is 34.5 Å². The van der Waals surface area contributed by atoms with Crippen molar-refractivity contribution in [3.05, 3.63) is 87.3 Å². The minimum atomic E-state index is -0.232. The van der Waals surface area contributed by atoms with Crippen molar-refractivity contribution in [3.8, 4) is 11.5 Å². The lowest BCUT2D eigenvalue weighted by atomic mass is 9.86. The van der Waals surface area contributed by atoms with Crippen molar-refractivity contribution < 1.29 is 13.9 Å². The Balaban J connectivity index is 1.67. The molecule has 4 rings (SSSR count). The van der Waals surface area contributed by atoms with E-state index in [0.717, 1.165) is 17.1 Å². The van der Waals surface area contributed by atoms with Crippen LogP contribution in [0.4, 0.5) is 4.39 Å². The van der Waals surface area contributed by atoms with Gasteiger partial charge in [-0.3, -0.25) is 9.69 Å². The molecule has 2 aromatic carbocycles. The standard InChI is InChI=1S/C24H26FN3O3/c1-15-26-23(11-24(29)27-15)21-14-28(13-20(21)19-6-4-5-7-22(19)25)12-16-8-17(30-2)10-18(9-16)31-3/h4-11,20-21H,12-14H2,1-3H3,(H,26,27,29)/t20-,21+/m0/s1. The molecule has 0 saturated carbocycles. The summed E-state index contributed by atoms with van der Waals surface area (Å²) in [6, 6.07) is 14.2. The van der Waals surface area contributed by atoms with Crippen molar-refractivity contribution in [2.24, 2.45) is 0 Å². The van der Waals surface area contributed by atoms with Gasteiger partial charge in [0.2, 0.25) is 0 Å². The molecule has 1 saturated heterocycles. The van der Waals surface area contributed by atoms with Crippen LogP contribution in [-0.2, 0) is 6.54 Å². The summed E-state index contributed by atoms with van der Waals surface area (Å²) in [4.78, 5) is 21.6. The summed E-state index contributed by atoms with van der Waals surface area (Å²) in [6.07, 6.45) is 0.